The molecule has 1 aliphatic rings. The molecule has 0 saturated heterocycles. The van der Waals surface area contributed by atoms with Gasteiger partial charge in [-0.1, -0.05) is 18.6 Å². The van der Waals surface area contributed by atoms with Crippen LogP contribution in [-0.4, -0.2) is 31.2 Å². The van der Waals surface area contributed by atoms with E-state index in [1.807, 2.05) is 4.40 Å². The van der Waals surface area contributed by atoms with Crippen LogP contribution in [0.25, 0.3) is 16.8 Å². The van der Waals surface area contributed by atoms with Crippen LogP contribution in [0.2, 0.25) is 0 Å². The molecular formula is C26H24F3N7O2. The number of benzene rings is 1. The van der Waals surface area contributed by atoms with Crippen molar-refractivity contribution in [3.63, 3.8) is 0 Å². The first-order valence-electron chi connectivity index (χ1n) is 12.0. The third kappa shape index (κ3) is 4.89. The quantitative estimate of drug-likeness (QED) is 0.354. The Bertz CT molecular complexity index is 1520. The lowest BCUT2D eigenvalue weighted by Gasteiger charge is -2.26. The molecule has 5 rings (SSSR count). The van der Waals surface area contributed by atoms with Crippen molar-refractivity contribution in [1.82, 2.24) is 19.4 Å². The van der Waals surface area contributed by atoms with Gasteiger partial charge in [-0.3, -0.25) is 14.0 Å². The zero-order valence-corrected chi connectivity index (χ0v) is 20.1. The number of nitrogen functional groups attached to an aromatic ring is 1. The van der Waals surface area contributed by atoms with Gasteiger partial charge in [0.1, 0.15) is 28.7 Å². The molecule has 12 heteroatoms. The molecule has 3 aromatic heterocycles. The lowest BCUT2D eigenvalue weighted by molar-refractivity contribution is -0.137. The van der Waals surface area contributed by atoms with Crippen molar-refractivity contribution in [1.29, 1.82) is 0 Å². The smallest absolute Gasteiger partial charge is 0.382 e. The van der Waals surface area contributed by atoms with Gasteiger partial charge in [-0.05, 0) is 43.5 Å². The third-order valence-electron chi connectivity index (χ3n) is 6.80. The number of anilines is 2. The Morgan fingerprint density at radius 1 is 1.05 bits per heavy atom. The van der Waals surface area contributed by atoms with Gasteiger partial charge in [0, 0.05) is 41.6 Å². The minimum Gasteiger partial charge on any atom is -0.382 e. The van der Waals surface area contributed by atoms with Crippen molar-refractivity contribution in [2.45, 2.75) is 37.8 Å². The highest BCUT2D eigenvalue weighted by Gasteiger charge is 2.32. The van der Waals surface area contributed by atoms with E-state index < -0.39 is 17.6 Å². The maximum absolute atomic E-state index is 13.0. The van der Waals surface area contributed by atoms with Crippen LogP contribution < -0.4 is 16.8 Å². The number of halogens is 3. The van der Waals surface area contributed by atoms with E-state index in [1.165, 1.54) is 0 Å². The Hall–Kier alpha value is -4.48. The van der Waals surface area contributed by atoms with Crippen molar-refractivity contribution in [2.75, 3.05) is 11.1 Å². The lowest BCUT2D eigenvalue weighted by atomic mass is 9.80. The summed E-state index contributed by atoms with van der Waals surface area (Å²) in [6.45, 7) is 0. The number of imidazole rings is 1. The molecule has 4 aromatic rings. The summed E-state index contributed by atoms with van der Waals surface area (Å²) in [5, 5.41) is 2.39. The lowest BCUT2D eigenvalue weighted by Crippen LogP contribution is -2.28. The first-order valence-corrected chi connectivity index (χ1v) is 12.0. The summed E-state index contributed by atoms with van der Waals surface area (Å²) in [6, 6.07) is 8.05. The number of alkyl halides is 3. The van der Waals surface area contributed by atoms with Crippen molar-refractivity contribution in [2.24, 2.45) is 11.7 Å². The minimum atomic E-state index is -4.55. The van der Waals surface area contributed by atoms with Gasteiger partial charge in [-0.15, -0.1) is 0 Å². The van der Waals surface area contributed by atoms with Gasteiger partial charge in [0.05, 0.1) is 5.56 Å². The number of pyridine rings is 1. The van der Waals surface area contributed by atoms with Gasteiger partial charge in [-0.25, -0.2) is 15.0 Å². The Labute approximate surface area is 215 Å². The number of fused-ring (bicyclic) bond motifs is 1. The summed E-state index contributed by atoms with van der Waals surface area (Å²) >= 11 is 0. The molecule has 0 spiro atoms. The number of hydrogen-bond donors (Lipinski definition) is 3. The van der Waals surface area contributed by atoms with Gasteiger partial charge >= 0.3 is 6.18 Å². The fraction of sp³-hybridized carbons (Fsp3) is 0.269. The molecule has 3 heterocycles. The predicted octanol–water partition coefficient (Wildman–Crippen LogP) is 4.40. The van der Waals surface area contributed by atoms with E-state index in [4.69, 9.17) is 16.5 Å². The monoisotopic (exact) mass is 523 g/mol. The molecule has 38 heavy (non-hydrogen) atoms. The maximum Gasteiger partial charge on any atom is 0.416 e. The number of primary amides is 1. The van der Waals surface area contributed by atoms with Crippen LogP contribution in [0, 0.1) is 5.92 Å². The number of nitrogens with two attached hydrogens (primary N) is 2. The molecule has 1 aromatic carbocycles. The molecule has 0 bridgehead atoms. The number of rotatable bonds is 5. The van der Waals surface area contributed by atoms with Gasteiger partial charge < -0.3 is 16.8 Å². The molecule has 2 atom stereocenters. The van der Waals surface area contributed by atoms with Gasteiger partial charge in [0.15, 0.2) is 0 Å². The van der Waals surface area contributed by atoms with Crippen LogP contribution in [0.5, 0.6) is 0 Å². The van der Waals surface area contributed by atoms with Crippen molar-refractivity contribution in [3.8, 4) is 11.3 Å². The van der Waals surface area contributed by atoms with Crippen molar-refractivity contribution < 1.29 is 22.8 Å². The fourth-order valence-electron chi connectivity index (χ4n) is 4.90. The van der Waals surface area contributed by atoms with Gasteiger partial charge in [-0.2, -0.15) is 13.2 Å². The van der Waals surface area contributed by atoms with Crippen LogP contribution in [0.4, 0.5) is 24.8 Å². The molecule has 0 aliphatic heterocycles. The fourth-order valence-corrected chi connectivity index (χ4v) is 4.90. The number of carbonyl (C=O) groups is 2. The average Bonchev–Trinajstić information content (AvgIpc) is 3.29. The first-order chi connectivity index (χ1) is 18.1. The highest BCUT2D eigenvalue weighted by atomic mass is 19.4. The van der Waals surface area contributed by atoms with E-state index in [0.717, 1.165) is 43.4 Å². The summed E-state index contributed by atoms with van der Waals surface area (Å²) in [6.07, 6.45) is 2.85. The van der Waals surface area contributed by atoms with Crippen LogP contribution in [0.1, 0.15) is 53.3 Å². The van der Waals surface area contributed by atoms with E-state index in [0.29, 0.717) is 23.2 Å². The number of carbonyl (C=O) groups excluding carboxylic acids is 2. The van der Waals surface area contributed by atoms with Crippen LogP contribution in [0.15, 0.2) is 55.0 Å². The normalized spacial score (nSPS) is 17.9. The van der Waals surface area contributed by atoms with Crippen LogP contribution in [-0.2, 0) is 11.0 Å². The Kier molecular flexibility index (Phi) is 6.47. The summed E-state index contributed by atoms with van der Waals surface area (Å²) in [7, 11) is 0. The zero-order chi connectivity index (χ0) is 27.0. The molecule has 1 aliphatic carbocycles. The van der Waals surface area contributed by atoms with Gasteiger partial charge in [0.2, 0.25) is 5.91 Å². The second-order valence-electron chi connectivity index (χ2n) is 9.27. The van der Waals surface area contributed by atoms with E-state index in [9.17, 15) is 22.8 Å². The SMILES string of the molecule is NC(=O)[C@H]1CCC[C@@H](c2nc(-c3ccc(C(=O)Nc4cc(C(F)(F)F)ccn4)cc3)c3c(N)nccn23)C1. The topological polar surface area (TPSA) is 141 Å². The maximum atomic E-state index is 13.0. The summed E-state index contributed by atoms with van der Waals surface area (Å²) in [5.74, 6) is -0.305. The standard InChI is InChI=1S/C26H24F3N7O2/c27-26(28,29)18-8-9-32-19(13-18)34-25(38)15-6-4-14(5-7-15)20-21-22(30)33-10-11-36(21)24(35-20)17-3-1-2-16(12-17)23(31)37/h4-11,13,16-17H,1-3,12H2,(H2,30,33)(H2,31,37)(H,32,34,38)/t16-,17+/m0/s1. The molecule has 0 radical (unpaired) electrons. The Balaban J connectivity index is 1.43. The van der Waals surface area contributed by atoms with E-state index in [-0.39, 0.29) is 34.9 Å². The number of amides is 2. The number of nitrogens with one attached hydrogen (secondary N) is 1. The molecule has 9 nitrogen and oxygen atoms in total. The van der Waals surface area contributed by atoms with E-state index >= 15 is 0 Å². The van der Waals surface area contributed by atoms with Crippen LogP contribution in [0.3, 0.4) is 0 Å². The molecule has 2 amide bonds. The average molecular weight is 524 g/mol. The Morgan fingerprint density at radius 3 is 2.53 bits per heavy atom. The second-order valence-corrected chi connectivity index (χ2v) is 9.27. The number of aromatic nitrogens is 4. The largest absolute Gasteiger partial charge is 0.416 e. The van der Waals surface area contributed by atoms with E-state index in [1.54, 1.807) is 36.7 Å². The van der Waals surface area contributed by atoms with Crippen LogP contribution >= 0.6 is 0 Å². The highest BCUT2D eigenvalue weighted by molar-refractivity contribution is 6.04. The van der Waals surface area contributed by atoms with Crippen molar-refractivity contribution in [3.05, 3.63) is 71.9 Å². The predicted molar refractivity (Wildman–Crippen MR) is 134 cm³/mol. The molecular weight excluding hydrogens is 499 g/mol. The Morgan fingerprint density at radius 2 is 1.82 bits per heavy atom. The molecule has 1 fully saturated rings. The number of nitrogens with zero attached hydrogens (tertiary/aromatic N) is 4. The summed E-state index contributed by atoms with van der Waals surface area (Å²) in [5.41, 5.74) is 12.9. The minimum absolute atomic E-state index is 0.00862. The zero-order valence-electron chi connectivity index (χ0n) is 20.1. The van der Waals surface area contributed by atoms with Crippen molar-refractivity contribution >= 4 is 29.0 Å². The summed E-state index contributed by atoms with van der Waals surface area (Å²) < 4.78 is 40.8. The molecule has 196 valence electrons. The second kappa shape index (κ2) is 9.77. The summed E-state index contributed by atoms with van der Waals surface area (Å²) in [4.78, 5) is 37.4. The third-order valence-corrected chi connectivity index (χ3v) is 6.80. The van der Waals surface area contributed by atoms with E-state index in [2.05, 4.69) is 15.3 Å². The first kappa shape index (κ1) is 25.2. The highest BCUT2D eigenvalue weighted by Crippen LogP contribution is 2.39. The molecule has 0 unspecified atom stereocenters. The molecule has 1 saturated carbocycles. The molecule has 5 N–H and O–H groups in total. The van der Waals surface area contributed by atoms with Gasteiger partial charge in [0.25, 0.3) is 5.91 Å². The number of hydrogen-bond acceptors (Lipinski definition) is 6.